The molecule has 2 aromatic heterocycles. The van der Waals surface area contributed by atoms with Crippen molar-refractivity contribution in [3.8, 4) is 0 Å². The smallest absolute Gasteiger partial charge is 0.0996 e. The SMILES string of the molecule is CN(C)c1ccn2cnc(CN)c2c1. The molecule has 2 aromatic rings. The summed E-state index contributed by atoms with van der Waals surface area (Å²) in [5, 5.41) is 0. The fourth-order valence-electron chi connectivity index (χ4n) is 1.47. The van der Waals surface area contributed by atoms with Gasteiger partial charge in [0.1, 0.15) is 0 Å². The quantitative estimate of drug-likeness (QED) is 0.764. The second-order valence-corrected chi connectivity index (χ2v) is 3.47. The molecular formula is C10H14N4. The summed E-state index contributed by atoms with van der Waals surface area (Å²) in [7, 11) is 4.04. The van der Waals surface area contributed by atoms with Crippen LogP contribution in [0.4, 0.5) is 5.69 Å². The third kappa shape index (κ3) is 1.33. The van der Waals surface area contributed by atoms with Crippen LogP contribution in [0.5, 0.6) is 0 Å². The van der Waals surface area contributed by atoms with Gasteiger partial charge < -0.3 is 15.0 Å². The fraction of sp³-hybridized carbons (Fsp3) is 0.300. The van der Waals surface area contributed by atoms with Crippen LogP contribution in [-0.4, -0.2) is 23.5 Å². The summed E-state index contributed by atoms with van der Waals surface area (Å²) in [6.07, 6.45) is 3.79. The van der Waals surface area contributed by atoms with Crippen LogP contribution in [0.3, 0.4) is 0 Å². The highest BCUT2D eigenvalue weighted by Crippen LogP contribution is 2.16. The maximum atomic E-state index is 5.60. The molecular weight excluding hydrogens is 176 g/mol. The van der Waals surface area contributed by atoms with Crippen molar-refractivity contribution in [3.63, 3.8) is 0 Å². The lowest BCUT2D eigenvalue weighted by atomic mass is 10.3. The van der Waals surface area contributed by atoms with Gasteiger partial charge in [-0.1, -0.05) is 0 Å². The van der Waals surface area contributed by atoms with E-state index in [0.29, 0.717) is 6.54 Å². The molecule has 4 nitrogen and oxygen atoms in total. The lowest BCUT2D eigenvalue weighted by Gasteiger charge is -2.12. The zero-order valence-corrected chi connectivity index (χ0v) is 8.44. The van der Waals surface area contributed by atoms with Crippen molar-refractivity contribution in [2.45, 2.75) is 6.54 Å². The molecule has 0 aliphatic heterocycles. The van der Waals surface area contributed by atoms with Crippen molar-refractivity contribution >= 4 is 11.2 Å². The lowest BCUT2D eigenvalue weighted by Crippen LogP contribution is -2.08. The Hall–Kier alpha value is -1.55. The molecule has 0 atom stereocenters. The molecule has 2 rings (SSSR count). The summed E-state index contributed by atoms with van der Waals surface area (Å²) in [5.74, 6) is 0. The normalized spacial score (nSPS) is 10.8. The Morgan fingerprint density at radius 2 is 2.29 bits per heavy atom. The first-order valence-corrected chi connectivity index (χ1v) is 4.55. The van der Waals surface area contributed by atoms with E-state index in [0.717, 1.165) is 16.9 Å². The summed E-state index contributed by atoms with van der Waals surface area (Å²) in [4.78, 5) is 6.30. The fourth-order valence-corrected chi connectivity index (χ4v) is 1.47. The molecule has 14 heavy (non-hydrogen) atoms. The standard InChI is InChI=1S/C10H14N4/c1-13(2)8-3-4-14-7-12-9(6-11)10(14)5-8/h3-5,7H,6,11H2,1-2H3. The highest BCUT2D eigenvalue weighted by atomic mass is 15.1. The minimum atomic E-state index is 0.480. The number of imidazole rings is 1. The monoisotopic (exact) mass is 190 g/mol. The number of fused-ring (bicyclic) bond motifs is 1. The van der Waals surface area contributed by atoms with E-state index in [4.69, 9.17) is 5.73 Å². The molecule has 0 aromatic carbocycles. The minimum Gasteiger partial charge on any atom is -0.378 e. The predicted molar refractivity (Wildman–Crippen MR) is 57.4 cm³/mol. The molecule has 0 amide bonds. The van der Waals surface area contributed by atoms with Crippen molar-refractivity contribution in [1.82, 2.24) is 9.38 Å². The summed E-state index contributed by atoms with van der Waals surface area (Å²) in [6.45, 7) is 0.480. The van der Waals surface area contributed by atoms with E-state index < -0.39 is 0 Å². The van der Waals surface area contributed by atoms with Crippen LogP contribution in [-0.2, 0) is 6.54 Å². The molecule has 2 heterocycles. The van der Waals surface area contributed by atoms with Crippen molar-refractivity contribution in [2.75, 3.05) is 19.0 Å². The zero-order chi connectivity index (χ0) is 10.1. The van der Waals surface area contributed by atoms with Gasteiger partial charge in [-0.25, -0.2) is 4.98 Å². The Bertz CT molecular complexity index is 444. The van der Waals surface area contributed by atoms with Gasteiger partial charge >= 0.3 is 0 Å². The van der Waals surface area contributed by atoms with Crippen LogP contribution in [0.25, 0.3) is 5.52 Å². The molecule has 0 aliphatic rings. The maximum absolute atomic E-state index is 5.60. The summed E-state index contributed by atoms with van der Waals surface area (Å²) >= 11 is 0. The Balaban J connectivity index is 2.61. The van der Waals surface area contributed by atoms with E-state index in [1.165, 1.54) is 0 Å². The maximum Gasteiger partial charge on any atom is 0.0996 e. The van der Waals surface area contributed by atoms with Gasteiger partial charge in [0.2, 0.25) is 0 Å². The van der Waals surface area contributed by atoms with Gasteiger partial charge in [0.05, 0.1) is 17.5 Å². The minimum absolute atomic E-state index is 0.480. The molecule has 0 bridgehead atoms. The molecule has 0 spiro atoms. The summed E-state index contributed by atoms with van der Waals surface area (Å²) in [5.41, 5.74) is 8.78. The summed E-state index contributed by atoms with van der Waals surface area (Å²) < 4.78 is 1.98. The first kappa shape index (κ1) is 9.02. The number of nitrogens with two attached hydrogens (primary N) is 1. The number of hydrogen-bond acceptors (Lipinski definition) is 3. The first-order chi connectivity index (χ1) is 6.72. The van der Waals surface area contributed by atoms with Crippen LogP contribution in [0.2, 0.25) is 0 Å². The van der Waals surface area contributed by atoms with E-state index in [-0.39, 0.29) is 0 Å². The highest BCUT2D eigenvalue weighted by Gasteiger charge is 2.03. The summed E-state index contributed by atoms with van der Waals surface area (Å²) in [6, 6.07) is 4.14. The number of rotatable bonds is 2. The van der Waals surface area contributed by atoms with Gasteiger partial charge in [0.25, 0.3) is 0 Å². The Kier molecular flexibility index (Phi) is 2.13. The van der Waals surface area contributed by atoms with Crippen molar-refractivity contribution in [1.29, 1.82) is 0 Å². The molecule has 0 saturated heterocycles. The molecule has 2 N–H and O–H groups in total. The number of aromatic nitrogens is 2. The largest absolute Gasteiger partial charge is 0.378 e. The Morgan fingerprint density at radius 1 is 1.50 bits per heavy atom. The molecule has 0 saturated carbocycles. The zero-order valence-electron chi connectivity index (χ0n) is 8.44. The van der Waals surface area contributed by atoms with Gasteiger partial charge in [-0.2, -0.15) is 0 Å². The average Bonchev–Trinajstić information content (AvgIpc) is 2.59. The second kappa shape index (κ2) is 3.31. The number of nitrogens with zero attached hydrogens (tertiary/aromatic N) is 3. The number of hydrogen-bond donors (Lipinski definition) is 1. The van der Waals surface area contributed by atoms with Crippen molar-refractivity contribution in [3.05, 3.63) is 30.4 Å². The molecule has 0 aliphatic carbocycles. The van der Waals surface area contributed by atoms with Gasteiger partial charge in [-0.05, 0) is 12.1 Å². The molecule has 74 valence electrons. The van der Waals surface area contributed by atoms with Crippen molar-refractivity contribution in [2.24, 2.45) is 5.73 Å². The van der Waals surface area contributed by atoms with Crippen molar-refractivity contribution < 1.29 is 0 Å². The van der Waals surface area contributed by atoms with Crippen LogP contribution in [0.15, 0.2) is 24.7 Å². The van der Waals surface area contributed by atoms with E-state index >= 15 is 0 Å². The van der Waals surface area contributed by atoms with Gasteiger partial charge in [-0.3, -0.25) is 0 Å². The topological polar surface area (TPSA) is 46.6 Å². The Labute approximate surface area is 83.0 Å². The van der Waals surface area contributed by atoms with E-state index in [1.54, 1.807) is 6.33 Å². The molecule has 0 radical (unpaired) electrons. The van der Waals surface area contributed by atoms with Crippen LogP contribution < -0.4 is 10.6 Å². The molecule has 4 heteroatoms. The van der Waals surface area contributed by atoms with E-state index in [1.807, 2.05) is 24.7 Å². The van der Waals surface area contributed by atoms with E-state index in [2.05, 4.69) is 22.0 Å². The van der Waals surface area contributed by atoms with Gasteiger partial charge in [0, 0.05) is 32.5 Å². The van der Waals surface area contributed by atoms with Crippen LogP contribution >= 0.6 is 0 Å². The average molecular weight is 190 g/mol. The molecule has 0 fully saturated rings. The van der Waals surface area contributed by atoms with Gasteiger partial charge in [-0.15, -0.1) is 0 Å². The number of anilines is 1. The predicted octanol–water partition coefficient (Wildman–Crippen LogP) is 0.859. The molecule has 0 unspecified atom stereocenters. The second-order valence-electron chi connectivity index (χ2n) is 3.47. The highest BCUT2D eigenvalue weighted by molar-refractivity contribution is 5.61. The lowest BCUT2D eigenvalue weighted by molar-refractivity contribution is 1.02. The van der Waals surface area contributed by atoms with Crippen LogP contribution in [0.1, 0.15) is 5.69 Å². The van der Waals surface area contributed by atoms with Crippen LogP contribution in [0, 0.1) is 0 Å². The first-order valence-electron chi connectivity index (χ1n) is 4.55. The van der Waals surface area contributed by atoms with E-state index in [9.17, 15) is 0 Å². The Morgan fingerprint density at radius 3 is 2.93 bits per heavy atom. The number of pyridine rings is 1. The third-order valence-electron chi connectivity index (χ3n) is 2.31. The third-order valence-corrected chi connectivity index (χ3v) is 2.31. The van der Waals surface area contributed by atoms with Gasteiger partial charge in [0.15, 0.2) is 0 Å².